The highest BCUT2D eigenvalue weighted by Gasteiger charge is 2.34. The Morgan fingerprint density at radius 1 is 1.06 bits per heavy atom. The number of rotatable bonds is 3. The Bertz CT molecular complexity index is 297. The average Bonchev–Trinajstić information content (AvgIpc) is 2.94. The molecule has 0 aromatic heterocycles. The van der Waals surface area contributed by atoms with Gasteiger partial charge in [-0.25, -0.2) is 0 Å². The number of allylic oxidation sites excluding steroid dienone is 2. The Morgan fingerprint density at radius 3 is 2.59 bits per heavy atom. The molecule has 2 aliphatic heterocycles. The zero-order chi connectivity index (χ0) is 11.7. The molecule has 0 spiro atoms. The maximum Gasteiger partial charge on any atom is 0.0144 e. The van der Waals surface area contributed by atoms with Crippen LogP contribution in [0.3, 0.4) is 0 Å². The summed E-state index contributed by atoms with van der Waals surface area (Å²) in [4.78, 5) is 5.28. The first-order chi connectivity index (χ1) is 8.31. The molecule has 0 aromatic carbocycles. The Hall–Kier alpha value is -0.0500. The first kappa shape index (κ1) is 12.0. The Balaban J connectivity index is 1.45. The van der Waals surface area contributed by atoms with Crippen LogP contribution in [0, 0.1) is 11.8 Å². The summed E-state index contributed by atoms with van der Waals surface area (Å²) in [6, 6.07) is 0. The van der Waals surface area contributed by atoms with Crippen LogP contribution in [0.25, 0.3) is 0 Å². The molecule has 17 heavy (non-hydrogen) atoms. The summed E-state index contributed by atoms with van der Waals surface area (Å²) in [5.74, 6) is 1.72. The van der Waals surface area contributed by atoms with Crippen molar-refractivity contribution in [2.45, 2.75) is 25.7 Å². The van der Waals surface area contributed by atoms with Crippen LogP contribution < -0.4 is 0 Å². The first-order valence-corrected chi connectivity index (χ1v) is 7.48. The maximum atomic E-state index is 6.15. The molecule has 2 atom stereocenters. The third-order valence-electron chi connectivity index (χ3n) is 4.68. The van der Waals surface area contributed by atoms with Crippen molar-refractivity contribution < 1.29 is 0 Å². The zero-order valence-corrected chi connectivity index (χ0v) is 11.3. The molecule has 96 valence electrons. The van der Waals surface area contributed by atoms with Crippen LogP contribution in [0.4, 0.5) is 0 Å². The van der Waals surface area contributed by atoms with E-state index in [1.54, 1.807) is 0 Å². The zero-order valence-electron chi connectivity index (χ0n) is 10.6. The molecule has 0 amide bonds. The fraction of sp³-hybridized carbons (Fsp3) is 0.857. The molecule has 0 bridgehead atoms. The summed E-state index contributed by atoms with van der Waals surface area (Å²) in [5, 5.41) is 1.10. The molecule has 3 heteroatoms. The minimum atomic E-state index is 0.839. The van der Waals surface area contributed by atoms with Crippen molar-refractivity contribution in [1.29, 1.82) is 0 Å². The van der Waals surface area contributed by atoms with Crippen LogP contribution in [0.2, 0.25) is 0 Å². The lowest BCUT2D eigenvalue weighted by Gasteiger charge is -2.21. The number of fused-ring (bicyclic) bond motifs is 1. The van der Waals surface area contributed by atoms with Crippen LogP contribution in [0.15, 0.2) is 11.1 Å². The standard InChI is InChI=1S/C14H23ClN2/c15-14-4-3-12-10-17(11-13(12)9-14)8-7-16-5-1-2-6-16/h4,12-13H,1-3,5-11H2/t12-,13+/m1/s1. The van der Waals surface area contributed by atoms with Crippen molar-refractivity contribution in [2.24, 2.45) is 11.8 Å². The van der Waals surface area contributed by atoms with E-state index in [1.165, 1.54) is 58.5 Å². The average molecular weight is 255 g/mol. The number of halogens is 1. The summed E-state index contributed by atoms with van der Waals surface area (Å²) < 4.78 is 0. The fourth-order valence-corrected chi connectivity index (χ4v) is 3.91. The van der Waals surface area contributed by atoms with Crippen molar-refractivity contribution in [3.63, 3.8) is 0 Å². The van der Waals surface area contributed by atoms with Gasteiger partial charge in [-0.15, -0.1) is 0 Å². The van der Waals surface area contributed by atoms with E-state index in [2.05, 4.69) is 15.9 Å². The number of nitrogens with zero attached hydrogens (tertiary/aromatic N) is 2. The van der Waals surface area contributed by atoms with E-state index in [4.69, 9.17) is 11.6 Å². The molecule has 2 fully saturated rings. The molecule has 2 heterocycles. The Kier molecular flexibility index (Phi) is 3.74. The van der Waals surface area contributed by atoms with Crippen LogP contribution in [-0.4, -0.2) is 49.1 Å². The van der Waals surface area contributed by atoms with Crippen molar-refractivity contribution in [2.75, 3.05) is 39.3 Å². The lowest BCUT2D eigenvalue weighted by atomic mass is 9.86. The number of hydrogen-bond donors (Lipinski definition) is 0. The Morgan fingerprint density at radius 2 is 1.76 bits per heavy atom. The van der Waals surface area contributed by atoms with Gasteiger partial charge in [0.2, 0.25) is 0 Å². The highest BCUT2D eigenvalue weighted by Crippen LogP contribution is 2.36. The number of likely N-dealkylation sites (tertiary alicyclic amines) is 2. The summed E-state index contributed by atoms with van der Waals surface area (Å²) in [5.41, 5.74) is 0. The predicted octanol–water partition coefficient (Wildman–Crippen LogP) is 2.55. The maximum absolute atomic E-state index is 6.15. The van der Waals surface area contributed by atoms with Gasteiger partial charge in [-0.3, -0.25) is 0 Å². The van der Waals surface area contributed by atoms with Gasteiger partial charge in [0.25, 0.3) is 0 Å². The second-order valence-electron chi connectivity index (χ2n) is 5.92. The molecule has 0 saturated carbocycles. The van der Waals surface area contributed by atoms with Crippen molar-refractivity contribution in [3.8, 4) is 0 Å². The Labute approximate surface area is 110 Å². The van der Waals surface area contributed by atoms with E-state index in [1.807, 2.05) is 0 Å². The van der Waals surface area contributed by atoms with E-state index in [-0.39, 0.29) is 0 Å². The van der Waals surface area contributed by atoms with E-state index >= 15 is 0 Å². The molecule has 2 saturated heterocycles. The van der Waals surface area contributed by atoms with Gasteiger partial charge in [-0.2, -0.15) is 0 Å². The van der Waals surface area contributed by atoms with Gasteiger partial charge in [-0.05, 0) is 50.6 Å². The first-order valence-electron chi connectivity index (χ1n) is 7.10. The molecule has 0 unspecified atom stereocenters. The summed E-state index contributed by atoms with van der Waals surface area (Å²) in [7, 11) is 0. The van der Waals surface area contributed by atoms with Crippen LogP contribution in [0.5, 0.6) is 0 Å². The van der Waals surface area contributed by atoms with E-state index < -0.39 is 0 Å². The second kappa shape index (κ2) is 5.29. The van der Waals surface area contributed by atoms with E-state index in [0.717, 1.165) is 23.3 Å². The second-order valence-corrected chi connectivity index (χ2v) is 6.40. The third kappa shape index (κ3) is 2.86. The van der Waals surface area contributed by atoms with Crippen LogP contribution in [-0.2, 0) is 0 Å². The minimum absolute atomic E-state index is 0.839. The SMILES string of the molecule is ClC1=CC[C@@H]2CN(CCN3CCCC3)C[C@@H]2C1. The largest absolute Gasteiger partial charge is 0.302 e. The smallest absolute Gasteiger partial charge is 0.0144 e. The number of hydrogen-bond acceptors (Lipinski definition) is 2. The molecular formula is C14H23ClN2. The topological polar surface area (TPSA) is 6.48 Å². The van der Waals surface area contributed by atoms with Crippen molar-refractivity contribution >= 4 is 11.6 Å². The van der Waals surface area contributed by atoms with E-state index in [0.29, 0.717) is 0 Å². The fourth-order valence-electron chi connectivity index (χ4n) is 3.62. The van der Waals surface area contributed by atoms with Gasteiger partial charge in [-0.1, -0.05) is 17.7 Å². The van der Waals surface area contributed by atoms with Crippen molar-refractivity contribution in [1.82, 2.24) is 9.80 Å². The molecule has 2 nitrogen and oxygen atoms in total. The van der Waals surface area contributed by atoms with Gasteiger partial charge < -0.3 is 9.80 Å². The summed E-state index contributed by atoms with van der Waals surface area (Å²) >= 11 is 6.15. The molecular weight excluding hydrogens is 232 g/mol. The molecule has 1 aliphatic carbocycles. The van der Waals surface area contributed by atoms with Gasteiger partial charge in [0, 0.05) is 31.2 Å². The highest BCUT2D eigenvalue weighted by molar-refractivity contribution is 6.29. The third-order valence-corrected chi connectivity index (χ3v) is 4.99. The molecule has 3 rings (SSSR count). The lowest BCUT2D eigenvalue weighted by Crippen LogP contribution is -2.32. The summed E-state index contributed by atoms with van der Waals surface area (Å²) in [6.07, 6.45) is 7.40. The van der Waals surface area contributed by atoms with Gasteiger partial charge >= 0.3 is 0 Å². The molecule has 0 aromatic rings. The predicted molar refractivity (Wildman–Crippen MR) is 72.3 cm³/mol. The normalized spacial score (nSPS) is 35.0. The van der Waals surface area contributed by atoms with E-state index in [9.17, 15) is 0 Å². The highest BCUT2D eigenvalue weighted by atomic mass is 35.5. The quantitative estimate of drug-likeness (QED) is 0.764. The van der Waals surface area contributed by atoms with Gasteiger partial charge in [0.1, 0.15) is 0 Å². The van der Waals surface area contributed by atoms with Gasteiger partial charge in [0.05, 0.1) is 0 Å². The van der Waals surface area contributed by atoms with Crippen LogP contribution in [0.1, 0.15) is 25.7 Å². The van der Waals surface area contributed by atoms with Crippen molar-refractivity contribution in [3.05, 3.63) is 11.1 Å². The summed E-state index contributed by atoms with van der Waals surface area (Å²) in [6.45, 7) is 7.79. The monoisotopic (exact) mass is 254 g/mol. The van der Waals surface area contributed by atoms with Crippen LogP contribution >= 0.6 is 11.6 Å². The molecule has 0 N–H and O–H groups in total. The van der Waals surface area contributed by atoms with Gasteiger partial charge in [0.15, 0.2) is 0 Å². The lowest BCUT2D eigenvalue weighted by molar-refractivity contribution is 0.250. The molecule has 0 radical (unpaired) electrons. The minimum Gasteiger partial charge on any atom is -0.302 e. The molecule has 3 aliphatic rings.